The van der Waals surface area contributed by atoms with E-state index in [1.54, 1.807) is 0 Å². The molecule has 0 aliphatic heterocycles. The number of rotatable bonds is 8. The summed E-state index contributed by atoms with van der Waals surface area (Å²) in [5.74, 6) is -1.04. The summed E-state index contributed by atoms with van der Waals surface area (Å²) in [5.41, 5.74) is 4.56. The van der Waals surface area contributed by atoms with Gasteiger partial charge in [0, 0.05) is 13.0 Å². The van der Waals surface area contributed by atoms with Gasteiger partial charge in [0.25, 0.3) is 0 Å². The van der Waals surface area contributed by atoms with Crippen molar-refractivity contribution < 1.29 is 24.2 Å². The number of amides is 1. The number of aliphatic carboxylic acids is 1. The Balaban J connectivity index is 1.69. The molecule has 2 N–H and O–H groups in total. The van der Waals surface area contributed by atoms with E-state index >= 15 is 0 Å². The van der Waals surface area contributed by atoms with E-state index < -0.39 is 24.2 Å². The molecule has 1 aliphatic carbocycles. The summed E-state index contributed by atoms with van der Waals surface area (Å²) in [5, 5.41) is 11.8. The van der Waals surface area contributed by atoms with Gasteiger partial charge in [-0.15, -0.1) is 0 Å². The molecule has 1 amide bonds. The van der Waals surface area contributed by atoms with Gasteiger partial charge in [-0.2, -0.15) is 0 Å². The van der Waals surface area contributed by atoms with Crippen molar-refractivity contribution >= 4 is 12.1 Å². The number of hydrogen-bond acceptors (Lipinski definition) is 4. The Morgan fingerprint density at radius 2 is 1.64 bits per heavy atom. The quantitative estimate of drug-likeness (QED) is 0.724. The largest absolute Gasteiger partial charge is 0.481 e. The number of carboxylic acids is 1. The lowest BCUT2D eigenvalue weighted by molar-refractivity contribution is -0.138. The highest BCUT2D eigenvalue weighted by Crippen LogP contribution is 2.44. The lowest BCUT2D eigenvalue weighted by Gasteiger charge is -2.25. The van der Waals surface area contributed by atoms with Gasteiger partial charge in [0.15, 0.2) is 0 Å². The molecule has 6 nitrogen and oxygen atoms in total. The third-order valence-corrected chi connectivity index (χ3v) is 5.20. The topological polar surface area (TPSA) is 84.9 Å². The minimum Gasteiger partial charge on any atom is -0.481 e. The monoisotopic (exact) mass is 383 g/mol. The van der Waals surface area contributed by atoms with Gasteiger partial charge in [0.1, 0.15) is 6.61 Å². The zero-order valence-corrected chi connectivity index (χ0v) is 16.1. The Labute approximate surface area is 164 Å². The van der Waals surface area contributed by atoms with Crippen LogP contribution in [0.2, 0.25) is 0 Å². The maximum atomic E-state index is 12.4. The SMILES string of the molecule is CCC(OC)C(CC(=O)O)NC(=O)OCC1c2ccccc2-c2ccccc21. The van der Waals surface area contributed by atoms with Crippen molar-refractivity contribution in [2.24, 2.45) is 0 Å². The van der Waals surface area contributed by atoms with Gasteiger partial charge >= 0.3 is 12.1 Å². The van der Waals surface area contributed by atoms with Crippen LogP contribution in [0.4, 0.5) is 4.79 Å². The average molecular weight is 383 g/mol. The summed E-state index contributed by atoms with van der Waals surface area (Å²) >= 11 is 0. The molecule has 1 aliphatic rings. The molecule has 0 aromatic heterocycles. The maximum absolute atomic E-state index is 12.4. The lowest BCUT2D eigenvalue weighted by Crippen LogP contribution is -2.45. The van der Waals surface area contributed by atoms with Crippen LogP contribution in [0.25, 0.3) is 11.1 Å². The lowest BCUT2D eigenvalue weighted by atomic mass is 9.98. The molecule has 0 heterocycles. The fourth-order valence-corrected chi connectivity index (χ4v) is 3.87. The summed E-state index contributed by atoms with van der Waals surface area (Å²) < 4.78 is 10.8. The van der Waals surface area contributed by atoms with E-state index in [2.05, 4.69) is 17.4 Å². The zero-order valence-electron chi connectivity index (χ0n) is 16.1. The molecule has 0 saturated heterocycles. The van der Waals surface area contributed by atoms with Crippen molar-refractivity contribution in [2.45, 2.75) is 37.8 Å². The van der Waals surface area contributed by atoms with Crippen LogP contribution in [0.15, 0.2) is 48.5 Å². The maximum Gasteiger partial charge on any atom is 0.407 e. The standard InChI is InChI=1S/C22H25NO5/c1-3-20(27-2)19(12-21(24)25)23-22(26)28-13-18-16-10-6-4-8-14(16)15-9-5-7-11-17(15)18/h4-11,18-20H,3,12-13H2,1-2H3,(H,23,26)(H,24,25). The minimum absolute atomic E-state index is 0.0412. The van der Waals surface area contributed by atoms with Crippen LogP contribution >= 0.6 is 0 Å². The molecule has 2 aromatic rings. The first kappa shape index (κ1) is 19.9. The van der Waals surface area contributed by atoms with E-state index in [1.165, 1.54) is 7.11 Å². The van der Waals surface area contributed by atoms with Crippen LogP contribution in [-0.4, -0.2) is 43.0 Å². The normalized spacial score (nSPS) is 14.6. The van der Waals surface area contributed by atoms with Gasteiger partial charge in [-0.3, -0.25) is 4.79 Å². The number of ether oxygens (including phenoxy) is 2. The highest BCUT2D eigenvalue weighted by atomic mass is 16.5. The molecule has 0 saturated carbocycles. The van der Waals surface area contributed by atoms with E-state index in [-0.39, 0.29) is 18.9 Å². The number of benzene rings is 2. The van der Waals surface area contributed by atoms with Gasteiger partial charge in [-0.25, -0.2) is 4.79 Å². The Morgan fingerprint density at radius 1 is 1.07 bits per heavy atom. The first-order chi connectivity index (χ1) is 13.5. The molecule has 0 fully saturated rings. The summed E-state index contributed by atoms with van der Waals surface area (Å²) in [6.07, 6.45) is -0.672. The molecule has 2 aromatic carbocycles. The molecular weight excluding hydrogens is 358 g/mol. The fraction of sp³-hybridized carbons (Fsp3) is 0.364. The van der Waals surface area contributed by atoms with Crippen LogP contribution in [0.1, 0.15) is 36.8 Å². The van der Waals surface area contributed by atoms with E-state index in [9.17, 15) is 9.59 Å². The number of nitrogens with one attached hydrogen (secondary N) is 1. The molecule has 2 unspecified atom stereocenters. The predicted octanol–water partition coefficient (Wildman–Crippen LogP) is 3.79. The number of hydrogen-bond donors (Lipinski definition) is 2. The molecule has 2 atom stereocenters. The molecule has 3 rings (SSSR count). The summed E-state index contributed by atoms with van der Waals surface area (Å²) in [7, 11) is 1.50. The highest BCUT2D eigenvalue weighted by Gasteiger charge is 2.30. The second-order valence-corrected chi connectivity index (χ2v) is 6.86. The van der Waals surface area contributed by atoms with Crippen molar-refractivity contribution in [2.75, 3.05) is 13.7 Å². The third kappa shape index (κ3) is 4.17. The third-order valence-electron chi connectivity index (χ3n) is 5.20. The van der Waals surface area contributed by atoms with Crippen LogP contribution in [0, 0.1) is 0 Å². The second kappa shape index (κ2) is 8.89. The Morgan fingerprint density at radius 3 is 2.14 bits per heavy atom. The summed E-state index contributed by atoms with van der Waals surface area (Å²) in [4.78, 5) is 23.5. The number of fused-ring (bicyclic) bond motifs is 3. The number of carbonyl (C=O) groups is 2. The smallest absolute Gasteiger partial charge is 0.407 e. The molecule has 0 bridgehead atoms. The predicted molar refractivity (Wildman–Crippen MR) is 105 cm³/mol. The van der Waals surface area contributed by atoms with E-state index in [1.807, 2.05) is 43.3 Å². The van der Waals surface area contributed by atoms with Crippen molar-refractivity contribution in [3.05, 3.63) is 59.7 Å². The summed E-state index contributed by atoms with van der Waals surface area (Å²) in [6, 6.07) is 15.5. The Kier molecular flexibility index (Phi) is 6.31. The molecule has 6 heteroatoms. The average Bonchev–Trinajstić information content (AvgIpc) is 3.01. The van der Waals surface area contributed by atoms with E-state index in [0.717, 1.165) is 22.3 Å². The second-order valence-electron chi connectivity index (χ2n) is 6.86. The van der Waals surface area contributed by atoms with Crippen LogP contribution in [0.3, 0.4) is 0 Å². The number of methoxy groups -OCH3 is 1. The van der Waals surface area contributed by atoms with Gasteiger partial charge < -0.3 is 19.9 Å². The first-order valence-corrected chi connectivity index (χ1v) is 9.41. The van der Waals surface area contributed by atoms with Crippen LogP contribution in [-0.2, 0) is 14.3 Å². The van der Waals surface area contributed by atoms with Crippen molar-refractivity contribution in [3.8, 4) is 11.1 Å². The number of carboxylic acid groups (broad SMARTS) is 1. The van der Waals surface area contributed by atoms with Gasteiger partial charge in [-0.1, -0.05) is 55.5 Å². The van der Waals surface area contributed by atoms with Crippen molar-refractivity contribution in [1.82, 2.24) is 5.32 Å². The number of alkyl carbamates (subject to hydrolysis) is 1. The van der Waals surface area contributed by atoms with Crippen LogP contribution in [0.5, 0.6) is 0 Å². The van der Waals surface area contributed by atoms with Crippen LogP contribution < -0.4 is 5.32 Å². The van der Waals surface area contributed by atoms with Crippen molar-refractivity contribution in [3.63, 3.8) is 0 Å². The zero-order chi connectivity index (χ0) is 20.1. The Bertz CT molecular complexity index is 801. The van der Waals surface area contributed by atoms with Gasteiger partial charge in [0.2, 0.25) is 0 Å². The molecule has 148 valence electrons. The molecule has 0 spiro atoms. The summed E-state index contributed by atoms with van der Waals surface area (Å²) in [6.45, 7) is 2.06. The van der Waals surface area contributed by atoms with Gasteiger partial charge in [-0.05, 0) is 28.7 Å². The molecule has 0 radical (unpaired) electrons. The Hall–Kier alpha value is -2.86. The van der Waals surface area contributed by atoms with Crippen molar-refractivity contribution in [1.29, 1.82) is 0 Å². The van der Waals surface area contributed by atoms with E-state index in [4.69, 9.17) is 14.6 Å². The highest BCUT2D eigenvalue weighted by molar-refractivity contribution is 5.79. The fourth-order valence-electron chi connectivity index (χ4n) is 3.87. The van der Waals surface area contributed by atoms with E-state index in [0.29, 0.717) is 6.42 Å². The molecular formula is C22H25NO5. The molecule has 28 heavy (non-hydrogen) atoms. The van der Waals surface area contributed by atoms with Gasteiger partial charge in [0.05, 0.1) is 18.6 Å². The number of carbonyl (C=O) groups excluding carboxylic acids is 1. The minimum atomic E-state index is -1.00. The first-order valence-electron chi connectivity index (χ1n) is 9.41.